The molecule has 2 aromatic rings. The van der Waals surface area contributed by atoms with Crippen LogP contribution >= 0.6 is 11.3 Å². The number of thiazole rings is 1. The normalized spacial score (nSPS) is 14.6. The molecule has 1 aromatic carbocycles. The monoisotopic (exact) mass is 248 g/mol. The van der Waals surface area contributed by atoms with Gasteiger partial charge in [0.2, 0.25) is 0 Å². The lowest BCUT2D eigenvalue weighted by molar-refractivity contribution is -0.205. The first-order valence-electron chi connectivity index (χ1n) is 5.32. The van der Waals surface area contributed by atoms with Crippen molar-refractivity contribution in [3.63, 3.8) is 0 Å². The molecule has 89 valence electrons. The third-order valence-electron chi connectivity index (χ3n) is 2.74. The van der Waals surface area contributed by atoms with Crippen LogP contribution in [0.3, 0.4) is 0 Å². The first-order chi connectivity index (χ1) is 8.08. The molecule has 1 heterocycles. The van der Waals surface area contributed by atoms with Crippen LogP contribution in [0.2, 0.25) is 0 Å². The van der Waals surface area contributed by atoms with Crippen LogP contribution in [0.25, 0.3) is 0 Å². The molecule has 1 radical (unpaired) electrons. The van der Waals surface area contributed by atoms with Crippen LogP contribution in [0.5, 0.6) is 0 Å². The van der Waals surface area contributed by atoms with Crippen LogP contribution in [0.4, 0.5) is 0 Å². The summed E-state index contributed by atoms with van der Waals surface area (Å²) >= 11 is 1.46. The minimum Gasteiger partial charge on any atom is -0.342 e. The molecule has 1 aromatic heterocycles. The molecule has 0 N–H and O–H groups in total. The summed E-state index contributed by atoms with van der Waals surface area (Å²) in [7, 11) is 1.42. The highest BCUT2D eigenvalue weighted by Gasteiger charge is 2.37. The van der Waals surface area contributed by atoms with Gasteiger partial charge in [0.25, 0.3) is 5.79 Å². The Morgan fingerprint density at radius 1 is 1.29 bits per heavy atom. The number of benzene rings is 1. The predicted octanol–water partition coefficient (Wildman–Crippen LogP) is 3.04. The number of hydrogen-bond acceptors (Lipinski definition) is 3. The van der Waals surface area contributed by atoms with Gasteiger partial charge in [-0.1, -0.05) is 24.3 Å². The maximum absolute atomic E-state index is 12.8. The zero-order valence-electron chi connectivity index (χ0n) is 10.1. The second-order valence-electron chi connectivity index (χ2n) is 3.89. The maximum atomic E-state index is 12.8. The van der Waals surface area contributed by atoms with E-state index >= 15 is 0 Å². The van der Waals surface area contributed by atoms with Crippen LogP contribution in [0.15, 0.2) is 29.6 Å². The first kappa shape index (κ1) is 12.2. The molecular formula is C13H14NO2S. The van der Waals surface area contributed by atoms with Crippen LogP contribution < -0.4 is 0 Å². The van der Waals surface area contributed by atoms with Crippen molar-refractivity contribution in [2.45, 2.75) is 19.6 Å². The van der Waals surface area contributed by atoms with Gasteiger partial charge in [-0.05, 0) is 19.4 Å². The second-order valence-corrected chi connectivity index (χ2v) is 4.95. The summed E-state index contributed by atoms with van der Waals surface area (Å²) in [5.74, 6) is -1.71. The topological polar surface area (TPSA) is 42.0 Å². The molecule has 0 saturated carbocycles. The molecule has 0 aliphatic heterocycles. The Morgan fingerprint density at radius 3 is 2.53 bits per heavy atom. The zero-order valence-corrected chi connectivity index (χ0v) is 10.9. The van der Waals surface area contributed by atoms with Crippen molar-refractivity contribution in [1.29, 1.82) is 0 Å². The SMILES string of the molecule is COC([O])(c1csc(C)n1)c1ccccc1C. The number of hydrogen-bond donors (Lipinski definition) is 0. The van der Waals surface area contributed by atoms with Gasteiger partial charge in [0.15, 0.2) is 0 Å². The molecule has 17 heavy (non-hydrogen) atoms. The standard InChI is InChI=1S/C13H14NO2S/c1-9-6-4-5-7-11(9)13(15,16-3)12-8-17-10(2)14-12/h4-8H,1-3H3. The lowest BCUT2D eigenvalue weighted by Crippen LogP contribution is -2.29. The quantitative estimate of drug-likeness (QED) is 0.783. The number of aromatic nitrogens is 1. The molecule has 1 atom stereocenters. The highest BCUT2D eigenvalue weighted by Crippen LogP contribution is 2.33. The highest BCUT2D eigenvalue weighted by molar-refractivity contribution is 7.09. The van der Waals surface area contributed by atoms with E-state index in [1.165, 1.54) is 18.4 Å². The molecular weight excluding hydrogens is 234 g/mol. The van der Waals surface area contributed by atoms with Gasteiger partial charge < -0.3 is 4.74 Å². The van der Waals surface area contributed by atoms with E-state index in [4.69, 9.17) is 4.74 Å². The second kappa shape index (κ2) is 4.56. The van der Waals surface area contributed by atoms with Crippen molar-refractivity contribution >= 4 is 11.3 Å². The van der Waals surface area contributed by atoms with E-state index in [1.54, 1.807) is 11.4 Å². The van der Waals surface area contributed by atoms with Crippen molar-refractivity contribution < 1.29 is 9.84 Å². The van der Waals surface area contributed by atoms with Crippen molar-refractivity contribution in [2.75, 3.05) is 7.11 Å². The van der Waals surface area contributed by atoms with Crippen LogP contribution in [-0.2, 0) is 15.6 Å². The van der Waals surface area contributed by atoms with Crippen LogP contribution in [-0.4, -0.2) is 12.1 Å². The molecule has 2 rings (SSSR count). The lowest BCUT2D eigenvalue weighted by Gasteiger charge is -2.24. The molecule has 0 aliphatic carbocycles. The molecule has 0 bridgehead atoms. The molecule has 0 fully saturated rings. The van der Waals surface area contributed by atoms with Crippen molar-refractivity contribution in [2.24, 2.45) is 0 Å². The molecule has 3 nitrogen and oxygen atoms in total. The van der Waals surface area contributed by atoms with Gasteiger partial charge in [0.1, 0.15) is 5.69 Å². The van der Waals surface area contributed by atoms with Crippen molar-refractivity contribution in [1.82, 2.24) is 4.98 Å². The molecule has 0 aliphatic rings. The smallest absolute Gasteiger partial charge is 0.272 e. The molecule has 4 heteroatoms. The zero-order chi connectivity index (χ0) is 12.5. The Labute approximate surface area is 105 Å². The van der Waals surface area contributed by atoms with E-state index in [2.05, 4.69) is 4.98 Å². The van der Waals surface area contributed by atoms with Gasteiger partial charge in [-0.3, -0.25) is 0 Å². The molecule has 1 unspecified atom stereocenters. The highest BCUT2D eigenvalue weighted by atomic mass is 32.1. The summed E-state index contributed by atoms with van der Waals surface area (Å²) in [5, 5.41) is 15.5. The summed E-state index contributed by atoms with van der Waals surface area (Å²) in [6.07, 6.45) is 0. The van der Waals surface area contributed by atoms with E-state index in [0.29, 0.717) is 11.3 Å². The maximum Gasteiger partial charge on any atom is 0.272 e. The van der Waals surface area contributed by atoms with Crippen LogP contribution in [0.1, 0.15) is 21.8 Å². The fourth-order valence-corrected chi connectivity index (χ4v) is 2.45. The Morgan fingerprint density at radius 2 is 2.00 bits per heavy atom. The fourth-order valence-electron chi connectivity index (χ4n) is 1.81. The molecule has 0 spiro atoms. The minimum absolute atomic E-state index is 0.428. The van der Waals surface area contributed by atoms with E-state index in [-0.39, 0.29) is 0 Å². The number of methoxy groups -OCH3 is 1. The fraction of sp³-hybridized carbons (Fsp3) is 0.308. The predicted molar refractivity (Wildman–Crippen MR) is 66.5 cm³/mol. The average Bonchev–Trinajstić information content (AvgIpc) is 2.76. The minimum atomic E-state index is -1.71. The van der Waals surface area contributed by atoms with E-state index < -0.39 is 5.79 Å². The summed E-state index contributed by atoms with van der Waals surface area (Å²) in [6, 6.07) is 7.44. The molecule has 0 saturated heterocycles. The first-order valence-corrected chi connectivity index (χ1v) is 6.20. The Balaban J connectivity index is 2.55. The van der Waals surface area contributed by atoms with Gasteiger partial charge in [0.05, 0.1) is 5.01 Å². The third-order valence-corrected chi connectivity index (χ3v) is 3.52. The van der Waals surface area contributed by atoms with E-state index in [0.717, 1.165) is 10.6 Å². The van der Waals surface area contributed by atoms with Crippen molar-refractivity contribution in [3.8, 4) is 0 Å². The molecule has 0 amide bonds. The van der Waals surface area contributed by atoms with Gasteiger partial charge in [-0.2, -0.15) is 5.11 Å². The Kier molecular flexibility index (Phi) is 3.28. The van der Waals surface area contributed by atoms with Gasteiger partial charge in [0, 0.05) is 18.1 Å². The Bertz CT molecular complexity index is 524. The summed E-state index contributed by atoms with van der Waals surface area (Å²) < 4.78 is 5.19. The van der Waals surface area contributed by atoms with Crippen molar-refractivity contribution in [3.05, 3.63) is 51.5 Å². The summed E-state index contributed by atoms with van der Waals surface area (Å²) in [6.45, 7) is 3.78. The number of ether oxygens (including phenoxy) is 1. The van der Waals surface area contributed by atoms with Gasteiger partial charge in [-0.15, -0.1) is 11.3 Å². The average molecular weight is 248 g/mol. The number of rotatable bonds is 3. The Hall–Kier alpha value is -1.23. The largest absolute Gasteiger partial charge is 0.342 e. The lowest BCUT2D eigenvalue weighted by atomic mass is 9.98. The van der Waals surface area contributed by atoms with Gasteiger partial charge >= 0.3 is 0 Å². The summed E-state index contributed by atoms with van der Waals surface area (Å²) in [4.78, 5) is 4.25. The van der Waals surface area contributed by atoms with Gasteiger partial charge in [-0.25, -0.2) is 4.98 Å². The third kappa shape index (κ3) is 2.11. The van der Waals surface area contributed by atoms with E-state index in [9.17, 15) is 5.11 Å². The van der Waals surface area contributed by atoms with E-state index in [1.807, 2.05) is 32.0 Å². The summed E-state index contributed by atoms with van der Waals surface area (Å²) in [5.41, 5.74) is 1.96. The number of aryl methyl sites for hydroxylation is 2. The number of nitrogens with zero attached hydrogens (tertiary/aromatic N) is 1. The van der Waals surface area contributed by atoms with Crippen LogP contribution in [0, 0.1) is 13.8 Å².